The molecule has 0 saturated heterocycles. The van der Waals surface area contributed by atoms with Gasteiger partial charge < -0.3 is 0 Å². The van der Waals surface area contributed by atoms with Crippen molar-refractivity contribution in [3.8, 4) is 0 Å². The van der Waals surface area contributed by atoms with Gasteiger partial charge in [0.05, 0.1) is 0 Å². The molecule has 0 heteroatoms. The maximum absolute atomic E-state index is 2.20. The van der Waals surface area contributed by atoms with Crippen molar-refractivity contribution in [2.75, 3.05) is 0 Å². The molecule has 2 rings (SSSR count). The van der Waals surface area contributed by atoms with Gasteiger partial charge in [-0.25, -0.2) is 0 Å². The number of benzene rings is 2. The molecule has 0 aromatic heterocycles. The summed E-state index contributed by atoms with van der Waals surface area (Å²) in [6, 6.07) is 15.0. The maximum Gasteiger partial charge on any atom is -0.0152 e. The Balaban J connectivity index is -0.000000344. The van der Waals surface area contributed by atoms with E-state index in [1.807, 2.05) is 27.7 Å². The molecule has 2 aromatic carbocycles. The number of hydrogen-bond acceptors (Lipinski definition) is 0. The zero-order valence-corrected chi connectivity index (χ0v) is 11.2. The molecule has 0 saturated carbocycles. The van der Waals surface area contributed by atoms with Gasteiger partial charge in [-0.2, -0.15) is 0 Å². The normalized spacial score (nSPS) is 7.61. The summed E-state index contributed by atoms with van der Waals surface area (Å²) in [4.78, 5) is 0. The van der Waals surface area contributed by atoms with Crippen LogP contribution in [-0.2, 0) is 6.42 Å². The molecular formula is C18H32. The van der Waals surface area contributed by atoms with Crippen LogP contribution >= 0.6 is 0 Å². The first-order valence-corrected chi connectivity index (χ1v) is 6.38. The van der Waals surface area contributed by atoms with Gasteiger partial charge in [0.15, 0.2) is 0 Å². The zero-order valence-electron chi connectivity index (χ0n) is 11.2. The topological polar surface area (TPSA) is 0 Å². The van der Waals surface area contributed by atoms with Crippen LogP contribution in [0, 0.1) is 0 Å². The third-order valence-electron chi connectivity index (χ3n) is 2.26. The Bertz CT molecular complexity index is 383. The van der Waals surface area contributed by atoms with Gasteiger partial charge >= 0.3 is 0 Å². The molecule has 0 aliphatic rings. The first-order valence-electron chi connectivity index (χ1n) is 6.38. The Kier molecular flexibility index (Phi) is 16.8. The molecule has 0 spiro atoms. The first-order chi connectivity index (χ1) is 7.92. The van der Waals surface area contributed by atoms with E-state index < -0.39 is 0 Å². The highest BCUT2D eigenvalue weighted by Crippen LogP contribution is 2.18. The summed E-state index contributed by atoms with van der Waals surface area (Å²) >= 11 is 0. The summed E-state index contributed by atoms with van der Waals surface area (Å²) in [6.45, 7) is 10.2. The SMILES string of the molecule is C.C.CC.CC.CCc1cccc2ccccc12. The fraction of sp³-hybridized carbons (Fsp3) is 0.444. The number of aryl methyl sites for hydroxylation is 1. The predicted octanol–water partition coefficient (Wildman–Crippen LogP) is 6.73. The number of fused-ring (bicyclic) bond motifs is 1. The lowest BCUT2D eigenvalue weighted by atomic mass is 10.0. The highest BCUT2D eigenvalue weighted by atomic mass is 14.0. The molecule has 0 unspecified atom stereocenters. The molecule has 18 heavy (non-hydrogen) atoms. The average Bonchev–Trinajstić information content (AvgIpc) is 2.42. The summed E-state index contributed by atoms with van der Waals surface area (Å²) in [6.07, 6.45) is 1.11. The molecule has 0 aliphatic carbocycles. The third-order valence-corrected chi connectivity index (χ3v) is 2.26. The smallest absolute Gasteiger partial charge is 0.0152 e. The molecule has 0 nitrogen and oxygen atoms in total. The fourth-order valence-corrected chi connectivity index (χ4v) is 1.60. The van der Waals surface area contributed by atoms with E-state index in [2.05, 4.69) is 49.4 Å². The average molecular weight is 248 g/mol. The van der Waals surface area contributed by atoms with Gasteiger partial charge in [-0.05, 0) is 22.8 Å². The van der Waals surface area contributed by atoms with Crippen LogP contribution < -0.4 is 0 Å². The minimum Gasteiger partial charge on any atom is -0.0776 e. The summed E-state index contributed by atoms with van der Waals surface area (Å²) in [7, 11) is 0. The molecular weight excluding hydrogens is 216 g/mol. The number of rotatable bonds is 1. The molecule has 0 N–H and O–H groups in total. The molecule has 104 valence electrons. The molecule has 2 aromatic rings. The van der Waals surface area contributed by atoms with E-state index in [9.17, 15) is 0 Å². The van der Waals surface area contributed by atoms with E-state index in [4.69, 9.17) is 0 Å². The molecule has 0 fully saturated rings. The van der Waals surface area contributed by atoms with Crippen LogP contribution in [0.1, 0.15) is 55.0 Å². The second-order valence-electron chi connectivity index (χ2n) is 2.99. The monoisotopic (exact) mass is 248 g/mol. The molecule has 0 aliphatic heterocycles. The van der Waals surface area contributed by atoms with Crippen molar-refractivity contribution in [1.29, 1.82) is 0 Å². The third kappa shape index (κ3) is 5.86. The van der Waals surface area contributed by atoms with Crippen LogP contribution in [0.4, 0.5) is 0 Å². The highest BCUT2D eigenvalue weighted by Gasteiger charge is 1.95. The van der Waals surface area contributed by atoms with Crippen molar-refractivity contribution >= 4 is 10.8 Å². The van der Waals surface area contributed by atoms with Gasteiger partial charge in [0.25, 0.3) is 0 Å². The van der Waals surface area contributed by atoms with Crippen LogP contribution in [0.3, 0.4) is 0 Å². The largest absolute Gasteiger partial charge is 0.0776 e. The van der Waals surface area contributed by atoms with Crippen LogP contribution in [0.15, 0.2) is 42.5 Å². The first kappa shape index (κ1) is 21.9. The quantitative estimate of drug-likeness (QED) is 0.525. The molecule has 0 radical (unpaired) electrons. The van der Waals surface area contributed by atoms with Crippen LogP contribution in [0.25, 0.3) is 10.8 Å². The Labute approximate surface area is 115 Å². The Morgan fingerprint density at radius 3 is 1.78 bits per heavy atom. The minimum absolute atomic E-state index is 0. The van der Waals surface area contributed by atoms with E-state index >= 15 is 0 Å². The fourth-order valence-electron chi connectivity index (χ4n) is 1.60. The van der Waals surface area contributed by atoms with Crippen LogP contribution in [0.2, 0.25) is 0 Å². The molecule has 0 amide bonds. The van der Waals surface area contributed by atoms with Gasteiger partial charge in [0.1, 0.15) is 0 Å². The van der Waals surface area contributed by atoms with Crippen molar-refractivity contribution in [3.05, 3.63) is 48.0 Å². The second kappa shape index (κ2) is 13.8. The predicted molar refractivity (Wildman–Crippen MR) is 89.5 cm³/mol. The molecule has 0 bridgehead atoms. The van der Waals surface area contributed by atoms with Gasteiger partial charge in [-0.1, -0.05) is 91.9 Å². The lowest BCUT2D eigenvalue weighted by Gasteiger charge is -2.02. The lowest BCUT2D eigenvalue weighted by molar-refractivity contribution is 1.16. The van der Waals surface area contributed by atoms with Crippen molar-refractivity contribution < 1.29 is 0 Å². The Hall–Kier alpha value is -1.30. The summed E-state index contributed by atoms with van der Waals surface area (Å²) in [5.74, 6) is 0. The summed E-state index contributed by atoms with van der Waals surface area (Å²) < 4.78 is 0. The van der Waals surface area contributed by atoms with E-state index in [1.54, 1.807) is 0 Å². The van der Waals surface area contributed by atoms with E-state index in [-0.39, 0.29) is 14.9 Å². The molecule has 0 heterocycles. The lowest BCUT2D eigenvalue weighted by Crippen LogP contribution is -1.81. The van der Waals surface area contributed by atoms with Crippen molar-refractivity contribution in [1.82, 2.24) is 0 Å². The minimum atomic E-state index is 0. The highest BCUT2D eigenvalue weighted by molar-refractivity contribution is 5.85. The van der Waals surface area contributed by atoms with E-state index in [0.717, 1.165) is 6.42 Å². The van der Waals surface area contributed by atoms with Gasteiger partial charge in [-0.3, -0.25) is 0 Å². The van der Waals surface area contributed by atoms with E-state index in [0.29, 0.717) is 0 Å². The molecule has 0 atom stereocenters. The van der Waals surface area contributed by atoms with Crippen LogP contribution in [-0.4, -0.2) is 0 Å². The van der Waals surface area contributed by atoms with Gasteiger partial charge in [-0.15, -0.1) is 0 Å². The van der Waals surface area contributed by atoms with E-state index in [1.165, 1.54) is 16.3 Å². The number of hydrogen-bond donors (Lipinski definition) is 0. The van der Waals surface area contributed by atoms with Gasteiger partial charge in [0.2, 0.25) is 0 Å². The van der Waals surface area contributed by atoms with Crippen molar-refractivity contribution in [2.24, 2.45) is 0 Å². The zero-order chi connectivity index (χ0) is 12.4. The Morgan fingerprint density at radius 1 is 0.722 bits per heavy atom. The Morgan fingerprint density at radius 2 is 1.22 bits per heavy atom. The summed E-state index contributed by atoms with van der Waals surface area (Å²) in [5.41, 5.74) is 1.44. The van der Waals surface area contributed by atoms with Gasteiger partial charge in [0, 0.05) is 0 Å². The summed E-state index contributed by atoms with van der Waals surface area (Å²) in [5, 5.41) is 2.74. The van der Waals surface area contributed by atoms with Crippen LogP contribution in [0.5, 0.6) is 0 Å². The standard InChI is InChI=1S/C12H12.2C2H6.2CH4/c1-2-10-7-5-8-11-6-3-4-9-12(10)11;2*1-2;;/h3-9H,2H2,1H3;2*1-2H3;2*1H4. The maximum atomic E-state index is 2.20. The van der Waals surface area contributed by atoms with Crippen molar-refractivity contribution in [3.63, 3.8) is 0 Å². The second-order valence-corrected chi connectivity index (χ2v) is 2.99. The van der Waals surface area contributed by atoms with Crippen molar-refractivity contribution in [2.45, 2.75) is 55.9 Å².